The van der Waals surface area contributed by atoms with Crippen molar-refractivity contribution in [2.45, 2.75) is 11.8 Å². The molecule has 0 saturated carbocycles. The molecule has 184 valence electrons. The van der Waals surface area contributed by atoms with E-state index in [9.17, 15) is 25.0 Å². The number of nitrogens with zero attached hydrogens (tertiary/aromatic N) is 2. The van der Waals surface area contributed by atoms with Crippen LogP contribution in [0.15, 0.2) is 95.9 Å². The quantitative estimate of drug-likeness (QED) is 0.130. The first-order chi connectivity index (χ1) is 18.3. The molecule has 0 aliphatic rings. The van der Waals surface area contributed by atoms with Gasteiger partial charge in [-0.2, -0.15) is 0 Å². The highest BCUT2D eigenvalue weighted by molar-refractivity contribution is 8.13. The van der Waals surface area contributed by atoms with Gasteiger partial charge in [0.25, 0.3) is 11.4 Å². The van der Waals surface area contributed by atoms with Crippen molar-refractivity contribution in [1.29, 1.82) is 0 Å². The van der Waals surface area contributed by atoms with Crippen molar-refractivity contribution in [1.82, 2.24) is 0 Å². The summed E-state index contributed by atoms with van der Waals surface area (Å²) in [5.41, 5.74) is 2.12. The summed E-state index contributed by atoms with van der Waals surface area (Å²) in [6.07, 6.45) is 0. The van der Waals surface area contributed by atoms with Gasteiger partial charge in [0.15, 0.2) is 5.12 Å². The van der Waals surface area contributed by atoms with Crippen molar-refractivity contribution in [3.8, 4) is 34.8 Å². The number of nitro benzene ring substituents is 2. The molecule has 0 radical (unpaired) electrons. The molecule has 0 aliphatic heterocycles. The van der Waals surface area contributed by atoms with E-state index in [1.807, 2.05) is 30.3 Å². The maximum absolute atomic E-state index is 11.8. The number of benzene rings is 4. The monoisotopic (exact) mass is 518 g/mol. The maximum Gasteiger partial charge on any atom is 0.285 e. The molecule has 0 amide bonds. The zero-order valence-electron chi connectivity index (χ0n) is 20.0. The summed E-state index contributed by atoms with van der Waals surface area (Å²) in [6, 6.07) is 25.1. The molecule has 38 heavy (non-hydrogen) atoms. The van der Waals surface area contributed by atoms with Crippen molar-refractivity contribution >= 4 is 28.3 Å². The molecule has 0 spiro atoms. The van der Waals surface area contributed by atoms with Crippen molar-refractivity contribution in [3.05, 3.63) is 133 Å². The van der Waals surface area contributed by atoms with E-state index in [1.165, 1.54) is 31.2 Å². The fraction of sp³-hybridized carbons (Fsp3) is 0.0333. The lowest BCUT2D eigenvalue weighted by atomic mass is 9.99. The molecule has 0 atom stereocenters. The second kappa shape index (κ2) is 11.7. The Morgan fingerprint density at radius 2 is 1.29 bits per heavy atom. The van der Waals surface area contributed by atoms with Crippen LogP contribution in [-0.4, -0.2) is 15.0 Å². The van der Waals surface area contributed by atoms with Gasteiger partial charge < -0.3 is 0 Å². The van der Waals surface area contributed by atoms with Gasteiger partial charge in [0.2, 0.25) is 0 Å². The highest BCUT2D eigenvalue weighted by atomic mass is 32.2. The van der Waals surface area contributed by atoms with Gasteiger partial charge in [-0.15, -0.1) is 0 Å². The number of hydrogen-bond acceptors (Lipinski definition) is 6. The van der Waals surface area contributed by atoms with Crippen LogP contribution in [0.4, 0.5) is 11.4 Å². The first kappa shape index (κ1) is 25.9. The molecule has 0 aliphatic carbocycles. The van der Waals surface area contributed by atoms with E-state index in [0.717, 1.165) is 22.2 Å². The van der Waals surface area contributed by atoms with Gasteiger partial charge in [0.1, 0.15) is 5.56 Å². The summed E-state index contributed by atoms with van der Waals surface area (Å²) in [4.78, 5) is 34.5. The standard InChI is InChI=1S/C30H18N2O5S/c1-21(33)38-27-16-10-23(11-17-27)9-13-25-14-15-26(20-29(25)31(34)35)28-18-12-24(19-30(28)32(36)37)8-7-22-5-3-2-4-6-22/h2-6,10-12,14-20H,1H3. The maximum atomic E-state index is 11.8. The molecule has 4 rings (SSSR count). The Morgan fingerprint density at radius 1 is 0.684 bits per heavy atom. The zero-order chi connectivity index (χ0) is 27.1. The summed E-state index contributed by atoms with van der Waals surface area (Å²) < 4.78 is 0. The Labute approximate surface area is 222 Å². The molecule has 4 aromatic carbocycles. The zero-order valence-corrected chi connectivity index (χ0v) is 20.8. The number of carbonyl (C=O) groups is 1. The molecule has 0 bridgehead atoms. The predicted octanol–water partition coefficient (Wildman–Crippen LogP) is 6.61. The fourth-order valence-corrected chi connectivity index (χ4v) is 4.14. The molecule has 0 fully saturated rings. The Morgan fingerprint density at radius 3 is 1.95 bits per heavy atom. The topological polar surface area (TPSA) is 103 Å². The summed E-state index contributed by atoms with van der Waals surface area (Å²) >= 11 is 1.10. The van der Waals surface area contributed by atoms with E-state index < -0.39 is 9.85 Å². The van der Waals surface area contributed by atoms with Crippen LogP contribution < -0.4 is 0 Å². The molecule has 7 nitrogen and oxygen atoms in total. The van der Waals surface area contributed by atoms with E-state index in [1.54, 1.807) is 36.4 Å². The van der Waals surface area contributed by atoms with Crippen molar-refractivity contribution in [2.24, 2.45) is 0 Å². The minimum atomic E-state index is -0.564. The minimum absolute atomic E-state index is 0.0328. The molecule has 0 saturated heterocycles. The van der Waals surface area contributed by atoms with Crippen LogP contribution in [0.3, 0.4) is 0 Å². The van der Waals surface area contributed by atoms with Gasteiger partial charge in [-0.3, -0.25) is 25.0 Å². The van der Waals surface area contributed by atoms with Crippen molar-refractivity contribution < 1.29 is 14.6 Å². The highest BCUT2D eigenvalue weighted by Gasteiger charge is 2.20. The minimum Gasteiger partial charge on any atom is -0.287 e. The summed E-state index contributed by atoms with van der Waals surface area (Å²) in [6.45, 7) is 1.48. The average Bonchev–Trinajstić information content (AvgIpc) is 2.91. The number of rotatable bonds is 4. The Bertz CT molecular complexity index is 1680. The van der Waals surface area contributed by atoms with Crippen LogP contribution in [0.2, 0.25) is 0 Å². The normalized spacial score (nSPS) is 9.92. The van der Waals surface area contributed by atoms with E-state index in [0.29, 0.717) is 16.7 Å². The van der Waals surface area contributed by atoms with Crippen molar-refractivity contribution in [3.63, 3.8) is 0 Å². The Balaban J connectivity index is 1.67. The number of carbonyl (C=O) groups excluding carboxylic acids is 1. The van der Waals surface area contributed by atoms with Crippen LogP contribution in [0.5, 0.6) is 0 Å². The van der Waals surface area contributed by atoms with E-state index in [-0.39, 0.29) is 27.6 Å². The van der Waals surface area contributed by atoms with E-state index in [4.69, 9.17) is 0 Å². The van der Waals surface area contributed by atoms with E-state index >= 15 is 0 Å². The molecule has 0 heterocycles. The van der Waals surface area contributed by atoms with Crippen LogP contribution in [0.25, 0.3) is 11.1 Å². The third-order valence-electron chi connectivity index (χ3n) is 5.28. The van der Waals surface area contributed by atoms with E-state index in [2.05, 4.69) is 23.7 Å². The van der Waals surface area contributed by atoms with Crippen LogP contribution in [0.1, 0.15) is 29.2 Å². The molecule has 0 N–H and O–H groups in total. The molecule has 0 unspecified atom stereocenters. The molecule has 0 aromatic heterocycles. The second-order valence-corrected chi connectivity index (χ2v) is 9.21. The van der Waals surface area contributed by atoms with Crippen LogP contribution in [-0.2, 0) is 4.79 Å². The Kier molecular flexibility index (Phi) is 7.98. The third kappa shape index (κ3) is 6.52. The van der Waals surface area contributed by atoms with Gasteiger partial charge in [0.05, 0.1) is 15.4 Å². The number of thioether (sulfide) groups is 1. The molecular weight excluding hydrogens is 500 g/mol. The highest BCUT2D eigenvalue weighted by Crippen LogP contribution is 2.34. The Hall–Kier alpha value is -5.18. The lowest BCUT2D eigenvalue weighted by molar-refractivity contribution is -0.385. The fourth-order valence-electron chi connectivity index (χ4n) is 3.54. The third-order valence-corrected chi connectivity index (χ3v) is 6.08. The van der Waals surface area contributed by atoms with Gasteiger partial charge in [0, 0.05) is 40.6 Å². The van der Waals surface area contributed by atoms with Crippen molar-refractivity contribution in [2.75, 3.05) is 0 Å². The van der Waals surface area contributed by atoms with Gasteiger partial charge >= 0.3 is 0 Å². The summed E-state index contributed by atoms with van der Waals surface area (Å²) in [5, 5.41) is 23.6. The molecule has 8 heteroatoms. The first-order valence-electron chi connectivity index (χ1n) is 11.2. The summed E-state index contributed by atoms with van der Waals surface area (Å²) in [7, 11) is 0. The largest absolute Gasteiger partial charge is 0.287 e. The average molecular weight is 519 g/mol. The van der Waals surface area contributed by atoms with Gasteiger partial charge in [-0.25, -0.2) is 0 Å². The lowest BCUT2D eigenvalue weighted by Gasteiger charge is -2.05. The molecular formula is C30H18N2O5S. The molecule has 4 aromatic rings. The predicted molar refractivity (Wildman–Crippen MR) is 147 cm³/mol. The number of nitro groups is 2. The number of hydrogen-bond donors (Lipinski definition) is 0. The van der Waals surface area contributed by atoms with Crippen LogP contribution >= 0.6 is 11.8 Å². The first-order valence-corrected chi connectivity index (χ1v) is 12.1. The summed E-state index contributed by atoms with van der Waals surface area (Å²) in [5.74, 6) is 11.6. The lowest BCUT2D eigenvalue weighted by Crippen LogP contribution is -1.96. The second-order valence-electron chi connectivity index (χ2n) is 7.96. The van der Waals surface area contributed by atoms with Crippen LogP contribution in [0, 0.1) is 43.9 Å². The van der Waals surface area contributed by atoms with Gasteiger partial charge in [-0.05, 0) is 60.2 Å². The SMILES string of the molecule is CC(=O)Sc1ccc(C#Cc2ccc(-c3ccc(C#Cc4ccccc4)cc3[N+](=O)[O-])cc2[N+](=O)[O-])cc1. The van der Waals surface area contributed by atoms with Gasteiger partial charge in [-0.1, -0.05) is 59.7 Å². The smallest absolute Gasteiger partial charge is 0.285 e.